The summed E-state index contributed by atoms with van der Waals surface area (Å²) >= 11 is 0. The van der Waals surface area contributed by atoms with Gasteiger partial charge in [0.05, 0.1) is 6.61 Å². The Hall–Kier alpha value is -3.01. The molecule has 0 radical (unpaired) electrons. The van der Waals surface area contributed by atoms with E-state index < -0.39 is 0 Å². The van der Waals surface area contributed by atoms with E-state index in [1.807, 2.05) is 18.2 Å². The number of carbonyl (C=O) groups is 1. The minimum absolute atomic E-state index is 0.0326. The maximum atomic E-state index is 13.4. The van der Waals surface area contributed by atoms with Gasteiger partial charge in [0.25, 0.3) is 0 Å². The van der Waals surface area contributed by atoms with E-state index >= 15 is 0 Å². The highest BCUT2D eigenvalue weighted by molar-refractivity contribution is 5.82. The standard InChI is InChI=1S/C30H34FNO2/c1-22(25-15-14-24-7-6-8-26(24)21-25)28(9-3-5-20-34-30-10-2-4-19-32-30)29(33)18-13-23-11-16-27(31)17-12-23/h2,4,10-12,14-17,19,21-22,28H,3,5-9,13,18,20H2,1H3. The molecular weight excluding hydrogens is 425 g/mol. The number of aromatic nitrogens is 1. The fourth-order valence-corrected chi connectivity index (χ4v) is 4.98. The molecule has 2 atom stereocenters. The number of rotatable bonds is 12. The SMILES string of the molecule is CC(c1ccc2c(c1)CCC2)C(CCCCOc1ccccn1)C(=O)CCc1ccc(F)cc1. The molecule has 1 aliphatic carbocycles. The van der Waals surface area contributed by atoms with Crippen LogP contribution in [0.5, 0.6) is 5.88 Å². The van der Waals surface area contributed by atoms with Crippen molar-refractivity contribution in [3.05, 3.63) is 94.9 Å². The third kappa shape index (κ3) is 6.53. The van der Waals surface area contributed by atoms with Crippen molar-refractivity contribution in [3.8, 4) is 5.88 Å². The molecule has 2 unspecified atom stereocenters. The second-order valence-corrected chi connectivity index (χ2v) is 9.38. The molecule has 34 heavy (non-hydrogen) atoms. The summed E-state index contributed by atoms with van der Waals surface area (Å²) in [4.78, 5) is 17.6. The van der Waals surface area contributed by atoms with Crippen molar-refractivity contribution in [1.29, 1.82) is 0 Å². The number of Topliss-reactive ketones (excluding diaryl/α,β-unsaturated/α-hetero) is 1. The molecule has 0 fully saturated rings. The summed E-state index contributed by atoms with van der Waals surface area (Å²) in [5.41, 5.74) is 5.18. The molecule has 178 valence electrons. The Labute approximate surface area is 202 Å². The Bertz CT molecular complexity index is 1060. The van der Waals surface area contributed by atoms with E-state index in [-0.39, 0.29) is 17.7 Å². The van der Waals surface area contributed by atoms with Crippen LogP contribution in [0.4, 0.5) is 4.39 Å². The highest BCUT2D eigenvalue weighted by Crippen LogP contribution is 2.33. The van der Waals surface area contributed by atoms with E-state index in [1.54, 1.807) is 18.3 Å². The Morgan fingerprint density at radius 3 is 2.65 bits per heavy atom. The van der Waals surface area contributed by atoms with Crippen molar-refractivity contribution in [2.24, 2.45) is 5.92 Å². The van der Waals surface area contributed by atoms with Crippen LogP contribution in [0.15, 0.2) is 66.9 Å². The van der Waals surface area contributed by atoms with Crippen molar-refractivity contribution in [3.63, 3.8) is 0 Å². The largest absolute Gasteiger partial charge is 0.478 e. The molecule has 0 bridgehead atoms. The number of aryl methyl sites for hydroxylation is 3. The third-order valence-corrected chi connectivity index (χ3v) is 7.04. The maximum Gasteiger partial charge on any atom is 0.213 e. The number of hydrogen-bond donors (Lipinski definition) is 0. The first-order valence-corrected chi connectivity index (χ1v) is 12.5. The van der Waals surface area contributed by atoms with E-state index in [0.717, 1.165) is 31.2 Å². The molecule has 0 amide bonds. The van der Waals surface area contributed by atoms with Crippen LogP contribution in [0.2, 0.25) is 0 Å². The normalized spacial score (nSPS) is 14.4. The Kier molecular flexibility index (Phi) is 8.46. The van der Waals surface area contributed by atoms with Gasteiger partial charge in [0, 0.05) is 24.6 Å². The van der Waals surface area contributed by atoms with Crippen LogP contribution in [0.1, 0.15) is 67.2 Å². The smallest absolute Gasteiger partial charge is 0.213 e. The molecule has 0 aliphatic heterocycles. The highest BCUT2D eigenvalue weighted by Gasteiger charge is 2.26. The lowest BCUT2D eigenvalue weighted by Crippen LogP contribution is -2.22. The van der Waals surface area contributed by atoms with Gasteiger partial charge in [-0.25, -0.2) is 9.37 Å². The van der Waals surface area contributed by atoms with Gasteiger partial charge in [0.2, 0.25) is 5.88 Å². The number of hydrogen-bond acceptors (Lipinski definition) is 3. The summed E-state index contributed by atoms with van der Waals surface area (Å²) in [6, 6.07) is 18.9. The molecule has 1 heterocycles. The summed E-state index contributed by atoms with van der Waals surface area (Å²) in [7, 11) is 0. The van der Waals surface area contributed by atoms with Crippen molar-refractivity contribution in [2.45, 2.75) is 64.2 Å². The molecule has 4 rings (SSSR count). The van der Waals surface area contributed by atoms with Crippen LogP contribution < -0.4 is 4.74 Å². The number of ether oxygens (including phenoxy) is 1. The predicted molar refractivity (Wildman–Crippen MR) is 134 cm³/mol. The quantitative estimate of drug-likeness (QED) is 0.277. The van der Waals surface area contributed by atoms with Gasteiger partial charge in [0.1, 0.15) is 11.6 Å². The number of halogens is 1. The number of unbranched alkanes of at least 4 members (excludes halogenated alkanes) is 1. The van der Waals surface area contributed by atoms with E-state index in [4.69, 9.17) is 4.74 Å². The van der Waals surface area contributed by atoms with Crippen molar-refractivity contribution < 1.29 is 13.9 Å². The molecule has 4 heteroatoms. The maximum absolute atomic E-state index is 13.4. The van der Waals surface area contributed by atoms with Gasteiger partial charge >= 0.3 is 0 Å². The number of nitrogens with zero attached hydrogens (tertiary/aromatic N) is 1. The van der Waals surface area contributed by atoms with E-state index in [1.165, 1.54) is 41.7 Å². The molecule has 3 aromatic rings. The van der Waals surface area contributed by atoms with Gasteiger partial charge < -0.3 is 4.74 Å². The van der Waals surface area contributed by atoms with E-state index in [0.29, 0.717) is 31.1 Å². The van der Waals surface area contributed by atoms with E-state index in [2.05, 4.69) is 30.1 Å². The lowest BCUT2D eigenvalue weighted by Gasteiger charge is -2.24. The molecule has 2 aromatic carbocycles. The summed E-state index contributed by atoms with van der Waals surface area (Å²) in [5.74, 6) is 0.827. The first kappa shape index (κ1) is 24.1. The summed E-state index contributed by atoms with van der Waals surface area (Å²) in [6.07, 6.45) is 9.04. The second kappa shape index (κ2) is 11.9. The first-order valence-electron chi connectivity index (χ1n) is 12.5. The molecule has 0 saturated carbocycles. The fourth-order valence-electron chi connectivity index (χ4n) is 4.98. The average molecular weight is 460 g/mol. The minimum Gasteiger partial charge on any atom is -0.478 e. The molecule has 1 aromatic heterocycles. The minimum atomic E-state index is -0.244. The second-order valence-electron chi connectivity index (χ2n) is 9.38. The average Bonchev–Trinajstić information content (AvgIpc) is 3.34. The summed E-state index contributed by atoms with van der Waals surface area (Å²) in [5, 5.41) is 0. The van der Waals surface area contributed by atoms with Crippen LogP contribution in [0, 0.1) is 11.7 Å². The zero-order valence-corrected chi connectivity index (χ0v) is 20.0. The van der Waals surface area contributed by atoms with Crippen LogP contribution >= 0.6 is 0 Å². The summed E-state index contributed by atoms with van der Waals surface area (Å²) < 4.78 is 19.0. The van der Waals surface area contributed by atoms with Crippen LogP contribution in [0.3, 0.4) is 0 Å². The van der Waals surface area contributed by atoms with Crippen LogP contribution in [-0.4, -0.2) is 17.4 Å². The number of fused-ring (bicyclic) bond motifs is 1. The van der Waals surface area contributed by atoms with Crippen molar-refractivity contribution in [1.82, 2.24) is 4.98 Å². The van der Waals surface area contributed by atoms with E-state index in [9.17, 15) is 9.18 Å². The number of carbonyl (C=O) groups excluding carboxylic acids is 1. The first-order chi connectivity index (χ1) is 16.6. The number of benzene rings is 2. The Morgan fingerprint density at radius 2 is 1.85 bits per heavy atom. The topological polar surface area (TPSA) is 39.2 Å². The molecule has 3 nitrogen and oxygen atoms in total. The molecule has 0 saturated heterocycles. The number of pyridine rings is 1. The van der Waals surface area contributed by atoms with Crippen LogP contribution in [-0.2, 0) is 24.1 Å². The molecule has 1 aliphatic rings. The molecular formula is C30H34FNO2. The molecule has 0 spiro atoms. The van der Waals surface area contributed by atoms with Gasteiger partial charge in [-0.3, -0.25) is 4.79 Å². The third-order valence-electron chi connectivity index (χ3n) is 7.04. The lowest BCUT2D eigenvalue weighted by atomic mass is 9.79. The predicted octanol–water partition coefficient (Wildman–Crippen LogP) is 6.88. The lowest BCUT2D eigenvalue weighted by molar-refractivity contribution is -0.123. The van der Waals surface area contributed by atoms with Gasteiger partial charge in [-0.2, -0.15) is 0 Å². The Morgan fingerprint density at radius 1 is 1.03 bits per heavy atom. The summed E-state index contributed by atoms with van der Waals surface area (Å²) in [6.45, 7) is 2.79. The van der Waals surface area contributed by atoms with Crippen molar-refractivity contribution >= 4 is 5.78 Å². The zero-order chi connectivity index (χ0) is 23.8. The zero-order valence-electron chi connectivity index (χ0n) is 20.0. The van der Waals surface area contributed by atoms with Gasteiger partial charge in [0.15, 0.2) is 0 Å². The van der Waals surface area contributed by atoms with Crippen LogP contribution in [0.25, 0.3) is 0 Å². The fraction of sp³-hybridized carbons (Fsp3) is 0.400. The molecule has 0 N–H and O–H groups in total. The highest BCUT2D eigenvalue weighted by atomic mass is 19.1. The monoisotopic (exact) mass is 459 g/mol. The van der Waals surface area contributed by atoms with Gasteiger partial charge in [-0.15, -0.1) is 0 Å². The van der Waals surface area contributed by atoms with Gasteiger partial charge in [-0.1, -0.05) is 43.3 Å². The van der Waals surface area contributed by atoms with Gasteiger partial charge in [-0.05, 0) is 91.3 Å². The number of ketones is 1. The van der Waals surface area contributed by atoms with Crippen molar-refractivity contribution in [2.75, 3.05) is 6.61 Å². The Balaban J connectivity index is 1.38.